The van der Waals surface area contributed by atoms with Gasteiger partial charge in [0.2, 0.25) is 0 Å². The van der Waals surface area contributed by atoms with Crippen molar-refractivity contribution in [3.63, 3.8) is 0 Å². The molecule has 0 saturated heterocycles. The van der Waals surface area contributed by atoms with Gasteiger partial charge in [-0.25, -0.2) is 0 Å². The van der Waals surface area contributed by atoms with Crippen molar-refractivity contribution in [2.75, 3.05) is 17.2 Å². The molecule has 0 radical (unpaired) electrons. The molecule has 0 amide bonds. The van der Waals surface area contributed by atoms with Crippen LogP contribution in [0.2, 0.25) is 0 Å². The van der Waals surface area contributed by atoms with E-state index in [9.17, 15) is 0 Å². The first-order chi connectivity index (χ1) is 4.61. The van der Waals surface area contributed by atoms with E-state index in [2.05, 4.69) is 0 Å². The maximum Gasteiger partial charge on any atom is 0.0385 e. The van der Waals surface area contributed by atoms with E-state index in [4.69, 9.17) is 17.2 Å². The smallest absolute Gasteiger partial charge is 0.0385 e. The zero-order valence-corrected chi connectivity index (χ0v) is 5.89. The molecule has 54 valence electrons. The molecule has 0 aliphatic carbocycles. The fourth-order valence-corrected chi connectivity index (χ4v) is 0.784. The minimum absolute atomic E-state index is 0.612. The van der Waals surface area contributed by atoms with Crippen LogP contribution in [-0.2, 0) is 0 Å². The average molecular weight is 137 g/mol. The molecule has 1 aromatic carbocycles. The lowest BCUT2D eigenvalue weighted by atomic mass is 10.1. The number of nitrogens with two attached hydrogens (primary N) is 3. The Balaban J connectivity index is 3.31. The van der Waals surface area contributed by atoms with Crippen molar-refractivity contribution in [3.05, 3.63) is 17.7 Å². The summed E-state index contributed by atoms with van der Waals surface area (Å²) < 4.78 is 0. The van der Waals surface area contributed by atoms with E-state index >= 15 is 0 Å². The van der Waals surface area contributed by atoms with Crippen LogP contribution in [0, 0.1) is 6.92 Å². The second-order valence-corrected chi connectivity index (χ2v) is 2.32. The van der Waals surface area contributed by atoms with Crippen molar-refractivity contribution >= 4 is 17.1 Å². The molecule has 0 atom stereocenters. The lowest BCUT2D eigenvalue weighted by Gasteiger charge is -2.04. The Morgan fingerprint density at radius 3 is 1.80 bits per heavy atom. The summed E-state index contributed by atoms with van der Waals surface area (Å²) in [5.41, 5.74) is 19.4. The monoisotopic (exact) mass is 137 g/mol. The molecule has 0 aliphatic rings. The van der Waals surface area contributed by atoms with Crippen LogP contribution in [-0.4, -0.2) is 0 Å². The first-order valence-corrected chi connectivity index (χ1v) is 3.02. The van der Waals surface area contributed by atoms with Crippen molar-refractivity contribution in [3.8, 4) is 0 Å². The highest BCUT2D eigenvalue weighted by Gasteiger charge is 1.97. The summed E-state index contributed by atoms with van der Waals surface area (Å²) in [7, 11) is 0. The van der Waals surface area contributed by atoms with Gasteiger partial charge in [-0.1, -0.05) is 0 Å². The third-order valence-electron chi connectivity index (χ3n) is 1.51. The maximum atomic E-state index is 5.56. The van der Waals surface area contributed by atoms with Gasteiger partial charge in [-0.15, -0.1) is 0 Å². The molecule has 3 heteroatoms. The molecule has 0 saturated carbocycles. The molecule has 0 bridgehead atoms. The zero-order chi connectivity index (χ0) is 7.72. The van der Waals surface area contributed by atoms with E-state index < -0.39 is 0 Å². The molecular formula is C7H11N3. The Labute approximate surface area is 59.8 Å². The van der Waals surface area contributed by atoms with E-state index in [-0.39, 0.29) is 0 Å². The summed E-state index contributed by atoms with van der Waals surface area (Å²) >= 11 is 0. The summed E-state index contributed by atoms with van der Waals surface area (Å²) in [6, 6.07) is 3.40. The highest BCUT2D eigenvalue weighted by Crippen LogP contribution is 2.21. The fraction of sp³-hybridized carbons (Fsp3) is 0.143. The molecule has 3 nitrogen and oxygen atoms in total. The van der Waals surface area contributed by atoms with Gasteiger partial charge in [-0.05, 0) is 24.6 Å². The van der Waals surface area contributed by atoms with Crippen molar-refractivity contribution in [2.45, 2.75) is 6.92 Å². The van der Waals surface area contributed by atoms with Crippen LogP contribution in [0.3, 0.4) is 0 Å². The summed E-state index contributed by atoms with van der Waals surface area (Å²) in [6.45, 7) is 1.87. The molecule has 0 aliphatic heterocycles. The number of anilines is 3. The number of rotatable bonds is 0. The lowest BCUT2D eigenvalue weighted by molar-refractivity contribution is 1.47. The van der Waals surface area contributed by atoms with Crippen LogP contribution in [0.1, 0.15) is 5.56 Å². The van der Waals surface area contributed by atoms with Gasteiger partial charge in [0.05, 0.1) is 0 Å². The van der Waals surface area contributed by atoms with Gasteiger partial charge in [0.15, 0.2) is 0 Å². The van der Waals surface area contributed by atoms with Gasteiger partial charge < -0.3 is 17.2 Å². The Morgan fingerprint density at radius 2 is 1.40 bits per heavy atom. The number of nitrogen functional groups attached to an aromatic ring is 3. The first-order valence-electron chi connectivity index (χ1n) is 3.02. The SMILES string of the molecule is Cc1c(N)cc(N)cc1N. The lowest BCUT2D eigenvalue weighted by Crippen LogP contribution is -1.98. The van der Waals surface area contributed by atoms with Crippen LogP contribution >= 0.6 is 0 Å². The Hall–Kier alpha value is -1.38. The van der Waals surface area contributed by atoms with E-state index in [1.165, 1.54) is 0 Å². The summed E-state index contributed by atoms with van der Waals surface area (Å²) in [5, 5.41) is 0. The summed E-state index contributed by atoms with van der Waals surface area (Å²) in [6.07, 6.45) is 0. The summed E-state index contributed by atoms with van der Waals surface area (Å²) in [5.74, 6) is 0. The topological polar surface area (TPSA) is 78.1 Å². The van der Waals surface area contributed by atoms with Gasteiger partial charge in [-0.2, -0.15) is 0 Å². The van der Waals surface area contributed by atoms with Gasteiger partial charge in [0, 0.05) is 17.1 Å². The highest BCUT2D eigenvalue weighted by atomic mass is 14.7. The Bertz CT molecular complexity index is 232. The van der Waals surface area contributed by atoms with Gasteiger partial charge in [-0.3, -0.25) is 0 Å². The quantitative estimate of drug-likeness (QED) is 0.461. The molecule has 1 rings (SSSR count). The molecule has 1 aromatic rings. The second-order valence-electron chi connectivity index (χ2n) is 2.32. The van der Waals surface area contributed by atoms with Crippen LogP contribution in [0.15, 0.2) is 12.1 Å². The summed E-state index contributed by atoms with van der Waals surface area (Å²) in [4.78, 5) is 0. The zero-order valence-electron chi connectivity index (χ0n) is 5.89. The minimum Gasteiger partial charge on any atom is -0.399 e. The van der Waals surface area contributed by atoms with Gasteiger partial charge in [0.1, 0.15) is 0 Å². The second kappa shape index (κ2) is 2.10. The van der Waals surface area contributed by atoms with E-state index in [1.54, 1.807) is 12.1 Å². The predicted molar refractivity (Wildman–Crippen MR) is 44.4 cm³/mol. The highest BCUT2D eigenvalue weighted by molar-refractivity contribution is 5.68. The van der Waals surface area contributed by atoms with Crippen LogP contribution in [0.5, 0.6) is 0 Å². The molecule has 0 heterocycles. The largest absolute Gasteiger partial charge is 0.399 e. The average Bonchev–Trinajstić information content (AvgIpc) is 1.82. The van der Waals surface area contributed by atoms with Crippen LogP contribution in [0.25, 0.3) is 0 Å². The van der Waals surface area contributed by atoms with E-state index in [0.29, 0.717) is 17.1 Å². The van der Waals surface area contributed by atoms with Crippen molar-refractivity contribution in [1.29, 1.82) is 0 Å². The normalized spacial score (nSPS) is 9.70. The van der Waals surface area contributed by atoms with Crippen molar-refractivity contribution in [1.82, 2.24) is 0 Å². The third-order valence-corrected chi connectivity index (χ3v) is 1.51. The van der Waals surface area contributed by atoms with Gasteiger partial charge in [0.25, 0.3) is 0 Å². The van der Waals surface area contributed by atoms with Gasteiger partial charge >= 0.3 is 0 Å². The van der Waals surface area contributed by atoms with Crippen LogP contribution < -0.4 is 17.2 Å². The van der Waals surface area contributed by atoms with E-state index in [1.807, 2.05) is 6.92 Å². The van der Waals surface area contributed by atoms with Crippen molar-refractivity contribution in [2.24, 2.45) is 0 Å². The van der Waals surface area contributed by atoms with Crippen LogP contribution in [0.4, 0.5) is 17.1 Å². The molecule has 0 spiro atoms. The standard InChI is InChI=1S/C7H11N3/c1-4-6(9)2-5(8)3-7(4)10/h2-3H,8-10H2,1H3. The predicted octanol–water partition coefficient (Wildman–Crippen LogP) is 0.742. The van der Waals surface area contributed by atoms with Crippen molar-refractivity contribution < 1.29 is 0 Å². The Morgan fingerprint density at radius 1 is 1.00 bits per heavy atom. The third kappa shape index (κ3) is 0.978. The fourth-order valence-electron chi connectivity index (χ4n) is 0.784. The molecule has 0 fully saturated rings. The molecule has 0 aromatic heterocycles. The van der Waals surface area contributed by atoms with E-state index in [0.717, 1.165) is 5.56 Å². The molecular weight excluding hydrogens is 126 g/mol. The number of benzene rings is 1. The number of hydrogen-bond donors (Lipinski definition) is 3. The Kier molecular flexibility index (Phi) is 1.41. The first kappa shape index (κ1) is 6.74. The minimum atomic E-state index is 0.612. The molecule has 10 heavy (non-hydrogen) atoms. The maximum absolute atomic E-state index is 5.56. The molecule has 6 N–H and O–H groups in total. The number of hydrogen-bond acceptors (Lipinski definition) is 3. The molecule has 0 unspecified atom stereocenters.